The van der Waals surface area contributed by atoms with Crippen LogP contribution in [0.15, 0.2) is 6.20 Å². The Morgan fingerprint density at radius 1 is 1.28 bits per heavy atom. The predicted molar refractivity (Wildman–Crippen MR) is 71.6 cm³/mol. The summed E-state index contributed by atoms with van der Waals surface area (Å²) in [6.45, 7) is 10.1. The zero-order valence-corrected chi connectivity index (χ0v) is 12.1. The molecule has 1 aromatic rings. The lowest BCUT2D eigenvalue weighted by Crippen LogP contribution is -2.54. The monoisotopic (exact) mass is 252 g/mol. The number of Topliss-reactive ketones (excluding diaryl/α,β-unsaturated/α-hetero) is 1. The van der Waals surface area contributed by atoms with Gasteiger partial charge in [-0.15, -0.1) is 5.10 Å². The molecule has 0 aliphatic carbocycles. The summed E-state index contributed by atoms with van der Waals surface area (Å²) in [7, 11) is 1.76. The Kier molecular flexibility index (Phi) is 5.02. The van der Waals surface area contributed by atoms with E-state index in [1.165, 1.54) is 0 Å². The number of carbonyl (C=O) groups excluding carboxylic acids is 1. The number of rotatable bonds is 7. The standard InChI is InChI=1S/C13H24N4O/c1-6-13(7-2,17(8-3)9-4)12(18)11-10-14-15-16(11)5/h10H,6-9H2,1-5H3. The van der Waals surface area contributed by atoms with Gasteiger partial charge in [0.15, 0.2) is 0 Å². The third kappa shape index (κ3) is 2.32. The summed E-state index contributed by atoms with van der Waals surface area (Å²) < 4.78 is 1.56. The number of aromatic nitrogens is 3. The summed E-state index contributed by atoms with van der Waals surface area (Å²) in [5, 5.41) is 7.67. The molecule has 0 aliphatic rings. The molecule has 1 aromatic heterocycles. The van der Waals surface area contributed by atoms with Crippen LogP contribution in [-0.2, 0) is 7.05 Å². The minimum Gasteiger partial charge on any atom is -0.291 e. The minimum absolute atomic E-state index is 0.128. The van der Waals surface area contributed by atoms with Crippen LogP contribution in [0.2, 0.25) is 0 Å². The van der Waals surface area contributed by atoms with Crippen LogP contribution in [0.4, 0.5) is 0 Å². The molecule has 1 heterocycles. The van der Waals surface area contributed by atoms with Crippen molar-refractivity contribution in [1.82, 2.24) is 19.9 Å². The quantitative estimate of drug-likeness (QED) is 0.695. The molecular formula is C13H24N4O. The summed E-state index contributed by atoms with van der Waals surface area (Å²) in [5.41, 5.74) is 0.157. The molecule has 0 unspecified atom stereocenters. The molecule has 0 radical (unpaired) electrons. The van der Waals surface area contributed by atoms with Crippen molar-refractivity contribution in [1.29, 1.82) is 0 Å². The lowest BCUT2D eigenvalue weighted by molar-refractivity contribution is 0.0525. The smallest absolute Gasteiger partial charge is 0.202 e. The molecule has 1 rings (SSSR count). The van der Waals surface area contributed by atoms with Gasteiger partial charge in [0.1, 0.15) is 5.69 Å². The summed E-state index contributed by atoms with van der Waals surface area (Å²) in [6.07, 6.45) is 3.16. The van der Waals surface area contributed by atoms with E-state index in [9.17, 15) is 4.79 Å². The normalized spacial score (nSPS) is 12.1. The summed E-state index contributed by atoms with van der Waals surface area (Å²) in [4.78, 5) is 15.1. The van der Waals surface area contributed by atoms with Gasteiger partial charge in [0.25, 0.3) is 0 Å². The first-order valence-electron chi connectivity index (χ1n) is 6.71. The van der Waals surface area contributed by atoms with Gasteiger partial charge in [-0.3, -0.25) is 9.69 Å². The molecule has 0 saturated heterocycles. The molecule has 102 valence electrons. The largest absolute Gasteiger partial charge is 0.291 e. The maximum absolute atomic E-state index is 12.8. The van der Waals surface area contributed by atoms with Crippen LogP contribution < -0.4 is 0 Å². The summed E-state index contributed by atoms with van der Waals surface area (Å²) in [5.74, 6) is 0.128. The van der Waals surface area contributed by atoms with E-state index >= 15 is 0 Å². The van der Waals surface area contributed by atoms with Gasteiger partial charge in [-0.05, 0) is 25.9 Å². The molecule has 5 nitrogen and oxygen atoms in total. The van der Waals surface area contributed by atoms with Crippen LogP contribution in [0.3, 0.4) is 0 Å². The second-order valence-electron chi connectivity index (χ2n) is 4.48. The van der Waals surface area contributed by atoms with Crippen molar-refractivity contribution in [3.05, 3.63) is 11.9 Å². The molecule has 0 aliphatic heterocycles. The third-order valence-corrected chi connectivity index (χ3v) is 3.91. The molecule has 0 saturated carbocycles. The highest BCUT2D eigenvalue weighted by Gasteiger charge is 2.41. The number of likely N-dealkylation sites (N-methyl/N-ethyl adjacent to an activating group) is 1. The zero-order chi connectivity index (χ0) is 13.8. The molecule has 0 amide bonds. The van der Waals surface area contributed by atoms with Gasteiger partial charge in [0.05, 0.1) is 11.7 Å². The van der Waals surface area contributed by atoms with E-state index in [0.29, 0.717) is 5.69 Å². The first-order chi connectivity index (χ1) is 8.57. The second kappa shape index (κ2) is 6.09. The molecule has 0 atom stereocenters. The SMILES string of the molecule is CCN(CC)C(CC)(CC)C(=O)c1cnnn1C. The van der Waals surface area contributed by atoms with Gasteiger partial charge in [-0.1, -0.05) is 32.9 Å². The number of nitrogens with zero attached hydrogens (tertiary/aromatic N) is 4. The lowest BCUT2D eigenvalue weighted by Gasteiger charge is -2.40. The van der Waals surface area contributed by atoms with E-state index in [0.717, 1.165) is 25.9 Å². The molecule has 0 aromatic carbocycles. The van der Waals surface area contributed by atoms with Crippen molar-refractivity contribution < 1.29 is 4.79 Å². The Hall–Kier alpha value is -1.23. The second-order valence-corrected chi connectivity index (χ2v) is 4.48. The average Bonchev–Trinajstić information content (AvgIpc) is 2.81. The third-order valence-electron chi connectivity index (χ3n) is 3.91. The van der Waals surface area contributed by atoms with Crippen molar-refractivity contribution in [3.8, 4) is 0 Å². The summed E-state index contributed by atoms with van der Waals surface area (Å²) >= 11 is 0. The van der Waals surface area contributed by atoms with Gasteiger partial charge < -0.3 is 0 Å². The highest BCUT2D eigenvalue weighted by Crippen LogP contribution is 2.28. The Morgan fingerprint density at radius 3 is 2.17 bits per heavy atom. The van der Waals surface area contributed by atoms with E-state index in [1.54, 1.807) is 17.9 Å². The van der Waals surface area contributed by atoms with Crippen molar-refractivity contribution in [2.75, 3.05) is 13.1 Å². The highest BCUT2D eigenvalue weighted by atomic mass is 16.1. The number of carbonyl (C=O) groups is 1. The van der Waals surface area contributed by atoms with Gasteiger partial charge >= 0.3 is 0 Å². The molecule has 0 bridgehead atoms. The molecule has 0 N–H and O–H groups in total. The Balaban J connectivity index is 3.20. The maximum Gasteiger partial charge on any atom is 0.202 e. The van der Waals surface area contributed by atoms with Gasteiger partial charge in [-0.2, -0.15) is 0 Å². The zero-order valence-electron chi connectivity index (χ0n) is 12.1. The van der Waals surface area contributed by atoms with Crippen LogP contribution in [0.1, 0.15) is 51.0 Å². The molecule has 0 spiro atoms. The van der Waals surface area contributed by atoms with E-state index < -0.39 is 5.54 Å². The van der Waals surface area contributed by atoms with Crippen molar-refractivity contribution >= 4 is 5.78 Å². The average molecular weight is 252 g/mol. The fourth-order valence-electron chi connectivity index (χ4n) is 2.72. The van der Waals surface area contributed by atoms with E-state index in [1.807, 2.05) is 0 Å². The maximum atomic E-state index is 12.8. The van der Waals surface area contributed by atoms with Gasteiger partial charge in [0, 0.05) is 7.05 Å². The number of aryl methyl sites for hydroxylation is 1. The topological polar surface area (TPSA) is 51.0 Å². The van der Waals surface area contributed by atoms with Crippen molar-refractivity contribution in [3.63, 3.8) is 0 Å². The fourth-order valence-corrected chi connectivity index (χ4v) is 2.72. The van der Waals surface area contributed by atoms with Gasteiger partial charge in [0.2, 0.25) is 5.78 Å². The fraction of sp³-hybridized carbons (Fsp3) is 0.769. The minimum atomic E-state index is -0.432. The molecular weight excluding hydrogens is 228 g/mol. The van der Waals surface area contributed by atoms with Crippen LogP contribution in [0.5, 0.6) is 0 Å². The Morgan fingerprint density at radius 2 is 1.83 bits per heavy atom. The number of hydrogen-bond donors (Lipinski definition) is 0. The lowest BCUT2D eigenvalue weighted by atomic mass is 9.84. The van der Waals surface area contributed by atoms with Gasteiger partial charge in [-0.25, -0.2) is 4.68 Å². The first kappa shape index (κ1) is 14.8. The van der Waals surface area contributed by atoms with Crippen LogP contribution in [0.25, 0.3) is 0 Å². The predicted octanol–water partition coefficient (Wildman–Crippen LogP) is 1.90. The highest BCUT2D eigenvalue weighted by molar-refractivity contribution is 6.01. The van der Waals surface area contributed by atoms with E-state index in [4.69, 9.17) is 0 Å². The molecule has 0 fully saturated rings. The van der Waals surface area contributed by atoms with Crippen LogP contribution in [-0.4, -0.2) is 44.3 Å². The van der Waals surface area contributed by atoms with Crippen molar-refractivity contribution in [2.24, 2.45) is 7.05 Å². The van der Waals surface area contributed by atoms with Crippen molar-refractivity contribution in [2.45, 2.75) is 46.1 Å². The number of hydrogen-bond acceptors (Lipinski definition) is 4. The van der Waals surface area contributed by atoms with E-state index in [-0.39, 0.29) is 5.78 Å². The Bertz CT molecular complexity index is 391. The van der Waals surface area contributed by atoms with Crippen LogP contribution >= 0.6 is 0 Å². The first-order valence-corrected chi connectivity index (χ1v) is 6.71. The molecule has 18 heavy (non-hydrogen) atoms. The molecule has 5 heteroatoms. The number of ketones is 1. The summed E-state index contributed by atoms with van der Waals surface area (Å²) in [6, 6.07) is 0. The Labute approximate surface area is 109 Å². The van der Waals surface area contributed by atoms with Crippen LogP contribution in [0, 0.1) is 0 Å². The van der Waals surface area contributed by atoms with E-state index in [2.05, 4.69) is 42.9 Å².